The fraction of sp³-hybridized carbons (Fsp3) is 0.231. The first-order valence-corrected chi connectivity index (χ1v) is 11.3. The number of amides is 1. The minimum Gasteiger partial charge on any atom is -0.337 e. The number of fused-ring (bicyclic) bond motifs is 2. The molecule has 6 rings (SSSR count). The molecule has 4 heterocycles. The number of anilines is 2. The molecule has 0 bridgehead atoms. The molecule has 7 heteroatoms. The van der Waals surface area contributed by atoms with Crippen LogP contribution in [-0.2, 0) is 6.42 Å². The SMILES string of the molecule is N[C@@H]1CCN(C(=O)c2ccc(-c3ccc4ncnc(N5CCc6ccccc65)c4n3)cc2)C1. The van der Waals surface area contributed by atoms with Gasteiger partial charge < -0.3 is 15.5 Å². The maximum absolute atomic E-state index is 12.7. The Morgan fingerprint density at radius 3 is 2.64 bits per heavy atom. The van der Waals surface area contributed by atoms with Crippen LogP contribution in [0.25, 0.3) is 22.3 Å². The summed E-state index contributed by atoms with van der Waals surface area (Å²) in [6, 6.07) is 20.1. The number of pyridine rings is 1. The van der Waals surface area contributed by atoms with Gasteiger partial charge in [0.1, 0.15) is 11.8 Å². The van der Waals surface area contributed by atoms with Gasteiger partial charge in [-0.15, -0.1) is 0 Å². The zero-order valence-corrected chi connectivity index (χ0v) is 18.2. The Bertz CT molecular complexity index is 1350. The third-order valence-corrected chi connectivity index (χ3v) is 6.54. The van der Waals surface area contributed by atoms with Crippen LogP contribution in [0.4, 0.5) is 11.5 Å². The van der Waals surface area contributed by atoms with Crippen molar-refractivity contribution in [3.8, 4) is 11.3 Å². The topological polar surface area (TPSA) is 88.2 Å². The van der Waals surface area contributed by atoms with Crippen molar-refractivity contribution in [2.75, 3.05) is 24.5 Å². The Balaban J connectivity index is 1.34. The number of benzene rings is 2. The van der Waals surface area contributed by atoms with Crippen LogP contribution in [0.15, 0.2) is 67.0 Å². The summed E-state index contributed by atoms with van der Waals surface area (Å²) >= 11 is 0. The summed E-state index contributed by atoms with van der Waals surface area (Å²) in [5.74, 6) is 0.855. The summed E-state index contributed by atoms with van der Waals surface area (Å²) in [5.41, 5.74) is 12.5. The average molecular weight is 437 g/mol. The number of aromatic nitrogens is 3. The average Bonchev–Trinajstić information content (AvgIpc) is 3.49. The number of rotatable bonds is 3. The summed E-state index contributed by atoms with van der Waals surface area (Å²) < 4.78 is 0. The van der Waals surface area contributed by atoms with Crippen molar-refractivity contribution in [3.63, 3.8) is 0 Å². The van der Waals surface area contributed by atoms with E-state index >= 15 is 0 Å². The van der Waals surface area contributed by atoms with E-state index in [0.29, 0.717) is 12.1 Å². The second-order valence-electron chi connectivity index (χ2n) is 8.67. The van der Waals surface area contributed by atoms with Crippen LogP contribution >= 0.6 is 0 Å². The van der Waals surface area contributed by atoms with Crippen molar-refractivity contribution in [1.29, 1.82) is 0 Å². The molecule has 2 aliphatic rings. The highest BCUT2D eigenvalue weighted by atomic mass is 16.2. The summed E-state index contributed by atoms with van der Waals surface area (Å²) in [4.78, 5) is 30.8. The van der Waals surface area contributed by atoms with Crippen molar-refractivity contribution in [2.24, 2.45) is 5.73 Å². The zero-order valence-electron chi connectivity index (χ0n) is 18.2. The molecule has 0 aliphatic carbocycles. The molecule has 164 valence electrons. The first-order chi connectivity index (χ1) is 16.2. The normalized spacial score (nSPS) is 17.5. The van der Waals surface area contributed by atoms with Crippen LogP contribution in [0.3, 0.4) is 0 Å². The lowest BCUT2D eigenvalue weighted by molar-refractivity contribution is 0.0791. The Hall–Kier alpha value is -3.84. The van der Waals surface area contributed by atoms with Gasteiger partial charge >= 0.3 is 0 Å². The third kappa shape index (κ3) is 3.50. The predicted octanol–water partition coefficient (Wildman–Crippen LogP) is 3.56. The van der Waals surface area contributed by atoms with E-state index < -0.39 is 0 Å². The lowest BCUT2D eigenvalue weighted by Crippen LogP contribution is -2.31. The minimum absolute atomic E-state index is 0.0318. The molecule has 1 atom stereocenters. The van der Waals surface area contributed by atoms with Gasteiger partial charge in [-0.3, -0.25) is 4.79 Å². The largest absolute Gasteiger partial charge is 0.337 e. The van der Waals surface area contributed by atoms with E-state index in [9.17, 15) is 4.79 Å². The van der Waals surface area contributed by atoms with Crippen LogP contribution in [0.1, 0.15) is 22.3 Å². The summed E-state index contributed by atoms with van der Waals surface area (Å²) in [6.07, 6.45) is 3.44. The van der Waals surface area contributed by atoms with Gasteiger partial charge in [-0.05, 0) is 48.7 Å². The van der Waals surface area contributed by atoms with Gasteiger partial charge in [-0.2, -0.15) is 0 Å². The molecule has 7 nitrogen and oxygen atoms in total. The smallest absolute Gasteiger partial charge is 0.253 e. The minimum atomic E-state index is 0.0318. The lowest BCUT2D eigenvalue weighted by atomic mass is 10.1. The van der Waals surface area contributed by atoms with E-state index in [2.05, 4.69) is 39.1 Å². The Labute approximate surface area is 191 Å². The van der Waals surface area contributed by atoms with Crippen molar-refractivity contribution in [2.45, 2.75) is 18.9 Å². The van der Waals surface area contributed by atoms with Crippen LogP contribution < -0.4 is 10.6 Å². The number of likely N-dealkylation sites (tertiary alicyclic amines) is 1. The van der Waals surface area contributed by atoms with Gasteiger partial charge in [0.25, 0.3) is 5.91 Å². The molecule has 1 amide bonds. The standard InChI is InChI=1S/C26H24N6O/c27-20-12-13-31(15-20)26(33)19-7-5-17(6-8-19)21-9-10-22-24(30-21)25(29-16-28-22)32-14-11-18-3-1-2-4-23(18)32/h1-10,16,20H,11-15,27H2/t20-/m1/s1. The van der Waals surface area contributed by atoms with E-state index in [0.717, 1.165) is 54.0 Å². The lowest BCUT2D eigenvalue weighted by Gasteiger charge is -2.19. The molecule has 2 aromatic heterocycles. The fourth-order valence-corrected chi connectivity index (χ4v) is 4.78. The highest BCUT2D eigenvalue weighted by Gasteiger charge is 2.25. The third-order valence-electron chi connectivity index (χ3n) is 6.54. The predicted molar refractivity (Wildman–Crippen MR) is 128 cm³/mol. The summed E-state index contributed by atoms with van der Waals surface area (Å²) in [5, 5.41) is 0. The van der Waals surface area contributed by atoms with Gasteiger partial charge in [0, 0.05) is 42.5 Å². The molecule has 33 heavy (non-hydrogen) atoms. The van der Waals surface area contributed by atoms with Gasteiger partial charge in [0.2, 0.25) is 0 Å². The van der Waals surface area contributed by atoms with Gasteiger partial charge in [0.05, 0.1) is 11.2 Å². The Morgan fingerprint density at radius 1 is 0.970 bits per heavy atom. The Morgan fingerprint density at radius 2 is 1.82 bits per heavy atom. The molecule has 2 N–H and O–H groups in total. The number of hydrogen-bond donors (Lipinski definition) is 1. The van der Waals surface area contributed by atoms with Crippen molar-refractivity contribution in [3.05, 3.63) is 78.1 Å². The van der Waals surface area contributed by atoms with Crippen molar-refractivity contribution < 1.29 is 4.79 Å². The van der Waals surface area contributed by atoms with E-state index in [1.807, 2.05) is 41.3 Å². The van der Waals surface area contributed by atoms with E-state index in [1.54, 1.807) is 6.33 Å². The number of nitrogens with zero attached hydrogens (tertiary/aromatic N) is 5. The molecule has 0 unspecified atom stereocenters. The van der Waals surface area contributed by atoms with Gasteiger partial charge in [-0.25, -0.2) is 15.0 Å². The number of carbonyl (C=O) groups is 1. The van der Waals surface area contributed by atoms with Gasteiger partial charge in [0.15, 0.2) is 5.82 Å². The highest BCUT2D eigenvalue weighted by molar-refractivity contribution is 5.95. The summed E-state index contributed by atoms with van der Waals surface area (Å²) in [6.45, 7) is 2.21. The number of nitrogens with two attached hydrogens (primary N) is 1. The molecule has 1 fully saturated rings. The first-order valence-electron chi connectivity index (χ1n) is 11.3. The van der Waals surface area contributed by atoms with Crippen molar-refractivity contribution >= 4 is 28.4 Å². The van der Waals surface area contributed by atoms with Crippen LogP contribution in [0.2, 0.25) is 0 Å². The zero-order chi connectivity index (χ0) is 22.4. The maximum atomic E-state index is 12.7. The molecular weight excluding hydrogens is 412 g/mol. The van der Waals surface area contributed by atoms with Crippen molar-refractivity contribution in [1.82, 2.24) is 19.9 Å². The first kappa shape index (κ1) is 19.8. The van der Waals surface area contributed by atoms with E-state index in [4.69, 9.17) is 10.7 Å². The Kier molecular flexibility index (Phi) is 4.77. The highest BCUT2D eigenvalue weighted by Crippen LogP contribution is 2.36. The molecule has 0 radical (unpaired) electrons. The molecule has 1 saturated heterocycles. The molecule has 2 aliphatic heterocycles. The maximum Gasteiger partial charge on any atom is 0.253 e. The number of carbonyl (C=O) groups excluding carboxylic acids is 1. The number of hydrogen-bond acceptors (Lipinski definition) is 6. The molecule has 4 aromatic rings. The van der Waals surface area contributed by atoms with Crippen LogP contribution in [0, 0.1) is 0 Å². The number of para-hydroxylation sites is 1. The van der Waals surface area contributed by atoms with E-state index in [1.165, 1.54) is 11.3 Å². The van der Waals surface area contributed by atoms with E-state index in [-0.39, 0.29) is 11.9 Å². The monoisotopic (exact) mass is 436 g/mol. The van der Waals surface area contributed by atoms with Crippen LogP contribution in [-0.4, -0.2) is 51.4 Å². The molecular formula is C26H24N6O. The fourth-order valence-electron chi connectivity index (χ4n) is 4.78. The quantitative estimate of drug-likeness (QED) is 0.528. The summed E-state index contributed by atoms with van der Waals surface area (Å²) in [7, 11) is 0. The second kappa shape index (κ2) is 7.94. The molecule has 2 aromatic carbocycles. The van der Waals surface area contributed by atoms with Crippen LogP contribution in [0.5, 0.6) is 0 Å². The molecule has 0 saturated carbocycles. The van der Waals surface area contributed by atoms with Gasteiger partial charge in [-0.1, -0.05) is 30.3 Å². The second-order valence-corrected chi connectivity index (χ2v) is 8.67. The molecule has 0 spiro atoms.